The van der Waals surface area contributed by atoms with Crippen molar-refractivity contribution >= 4 is 17.3 Å². The van der Waals surface area contributed by atoms with Gasteiger partial charge in [-0.1, -0.05) is 37.6 Å². The number of hydrogen-bond acceptors (Lipinski definition) is 2. The summed E-state index contributed by atoms with van der Waals surface area (Å²) < 4.78 is 0. The van der Waals surface area contributed by atoms with Gasteiger partial charge < -0.3 is 10.2 Å². The SMILES string of the molecule is CNCc1cccc(Cl)c1N1CCCC(C)(C)CC1. The van der Waals surface area contributed by atoms with Crippen LogP contribution in [0.4, 0.5) is 5.69 Å². The lowest BCUT2D eigenvalue weighted by Crippen LogP contribution is -2.27. The molecule has 0 aliphatic carbocycles. The minimum absolute atomic E-state index is 0.458. The van der Waals surface area contributed by atoms with E-state index in [2.05, 4.69) is 30.1 Å². The average Bonchev–Trinajstić information content (AvgIpc) is 2.51. The van der Waals surface area contributed by atoms with Gasteiger partial charge >= 0.3 is 0 Å². The van der Waals surface area contributed by atoms with Crippen LogP contribution < -0.4 is 10.2 Å². The number of para-hydroxylation sites is 1. The lowest BCUT2D eigenvalue weighted by molar-refractivity contribution is 0.325. The van der Waals surface area contributed by atoms with Gasteiger partial charge in [0, 0.05) is 19.6 Å². The van der Waals surface area contributed by atoms with Crippen molar-refractivity contribution in [2.24, 2.45) is 5.41 Å². The third kappa shape index (κ3) is 3.64. The van der Waals surface area contributed by atoms with Crippen molar-refractivity contribution in [2.45, 2.75) is 39.7 Å². The van der Waals surface area contributed by atoms with Crippen molar-refractivity contribution in [3.8, 4) is 0 Å². The van der Waals surface area contributed by atoms with E-state index in [0.29, 0.717) is 5.41 Å². The molecule has 0 bridgehead atoms. The third-order valence-electron chi connectivity index (χ3n) is 4.09. The van der Waals surface area contributed by atoms with Crippen LogP contribution in [-0.2, 0) is 6.54 Å². The van der Waals surface area contributed by atoms with E-state index < -0.39 is 0 Å². The van der Waals surface area contributed by atoms with Crippen molar-refractivity contribution in [1.82, 2.24) is 5.32 Å². The zero-order chi connectivity index (χ0) is 13.9. The van der Waals surface area contributed by atoms with Crippen molar-refractivity contribution < 1.29 is 0 Å². The molecule has 0 saturated carbocycles. The first-order chi connectivity index (χ1) is 9.03. The second-order valence-corrected chi connectivity index (χ2v) is 6.69. The van der Waals surface area contributed by atoms with Gasteiger partial charge in [0.2, 0.25) is 0 Å². The van der Waals surface area contributed by atoms with Gasteiger partial charge in [-0.05, 0) is 43.4 Å². The second-order valence-electron chi connectivity index (χ2n) is 6.28. The third-order valence-corrected chi connectivity index (χ3v) is 4.40. The number of hydrogen-bond donors (Lipinski definition) is 1. The summed E-state index contributed by atoms with van der Waals surface area (Å²) in [7, 11) is 1.98. The van der Waals surface area contributed by atoms with E-state index in [1.807, 2.05) is 19.2 Å². The minimum Gasteiger partial charge on any atom is -0.370 e. The Labute approximate surface area is 122 Å². The van der Waals surface area contributed by atoms with Gasteiger partial charge in [-0.15, -0.1) is 0 Å². The highest BCUT2D eigenvalue weighted by molar-refractivity contribution is 6.33. The maximum absolute atomic E-state index is 6.45. The first-order valence-electron chi connectivity index (χ1n) is 7.20. The molecule has 0 amide bonds. The lowest BCUT2D eigenvalue weighted by atomic mass is 9.85. The van der Waals surface area contributed by atoms with E-state index in [9.17, 15) is 0 Å². The number of anilines is 1. The van der Waals surface area contributed by atoms with Crippen LogP contribution in [0.1, 0.15) is 38.7 Å². The molecule has 1 heterocycles. The lowest BCUT2D eigenvalue weighted by Gasteiger charge is -2.28. The van der Waals surface area contributed by atoms with E-state index in [1.165, 1.54) is 30.5 Å². The van der Waals surface area contributed by atoms with Crippen molar-refractivity contribution in [1.29, 1.82) is 0 Å². The fraction of sp³-hybridized carbons (Fsp3) is 0.625. The van der Waals surface area contributed by atoms with Crippen LogP contribution in [0.15, 0.2) is 18.2 Å². The Kier molecular flexibility index (Phi) is 4.75. The Morgan fingerprint density at radius 3 is 2.79 bits per heavy atom. The molecule has 0 atom stereocenters. The molecule has 1 aromatic carbocycles. The predicted molar refractivity (Wildman–Crippen MR) is 84.1 cm³/mol. The fourth-order valence-corrected chi connectivity index (χ4v) is 3.21. The molecule has 2 rings (SSSR count). The van der Waals surface area contributed by atoms with E-state index in [-0.39, 0.29) is 0 Å². The fourth-order valence-electron chi connectivity index (χ4n) is 2.89. The average molecular weight is 281 g/mol. The highest BCUT2D eigenvalue weighted by atomic mass is 35.5. The number of rotatable bonds is 3. The molecule has 0 unspecified atom stereocenters. The maximum Gasteiger partial charge on any atom is 0.0642 e. The summed E-state index contributed by atoms with van der Waals surface area (Å²) in [6.07, 6.45) is 3.78. The zero-order valence-corrected chi connectivity index (χ0v) is 13.1. The minimum atomic E-state index is 0.458. The summed E-state index contributed by atoms with van der Waals surface area (Å²) in [4.78, 5) is 2.48. The monoisotopic (exact) mass is 280 g/mol. The van der Waals surface area contributed by atoms with Crippen LogP contribution in [0.25, 0.3) is 0 Å². The number of nitrogens with zero attached hydrogens (tertiary/aromatic N) is 1. The molecule has 1 aromatic rings. The topological polar surface area (TPSA) is 15.3 Å². The highest BCUT2D eigenvalue weighted by Crippen LogP contribution is 2.35. The van der Waals surface area contributed by atoms with Crippen LogP contribution in [0.3, 0.4) is 0 Å². The molecule has 0 spiro atoms. The van der Waals surface area contributed by atoms with Crippen LogP contribution in [-0.4, -0.2) is 20.1 Å². The Bertz CT molecular complexity index is 429. The van der Waals surface area contributed by atoms with Gasteiger partial charge in [0.25, 0.3) is 0 Å². The molecule has 19 heavy (non-hydrogen) atoms. The molecule has 1 aliphatic heterocycles. The molecule has 3 heteroatoms. The smallest absolute Gasteiger partial charge is 0.0642 e. The summed E-state index contributed by atoms with van der Waals surface area (Å²) in [5, 5.41) is 4.12. The number of halogens is 1. The molecular formula is C16H25ClN2. The van der Waals surface area contributed by atoms with Crippen molar-refractivity contribution in [3.05, 3.63) is 28.8 Å². The number of benzene rings is 1. The summed E-state index contributed by atoms with van der Waals surface area (Å²) in [6, 6.07) is 6.22. The summed E-state index contributed by atoms with van der Waals surface area (Å²) >= 11 is 6.45. The summed E-state index contributed by atoms with van der Waals surface area (Å²) in [5.41, 5.74) is 2.99. The normalized spacial score (nSPS) is 19.3. The van der Waals surface area contributed by atoms with Crippen LogP contribution >= 0.6 is 11.6 Å². The van der Waals surface area contributed by atoms with Crippen LogP contribution in [0.2, 0.25) is 5.02 Å². The Morgan fingerprint density at radius 1 is 1.26 bits per heavy atom. The highest BCUT2D eigenvalue weighted by Gasteiger charge is 2.24. The standard InChI is InChI=1S/C16H25ClN2/c1-16(2)8-5-10-19(11-9-16)15-13(12-18-3)6-4-7-14(15)17/h4,6-7,18H,5,8-12H2,1-3H3. The first kappa shape index (κ1) is 14.7. The largest absolute Gasteiger partial charge is 0.370 e. The van der Waals surface area contributed by atoms with Gasteiger partial charge in [-0.2, -0.15) is 0 Å². The predicted octanol–water partition coefficient (Wildman–Crippen LogP) is 4.08. The number of nitrogens with one attached hydrogen (secondary N) is 1. The zero-order valence-electron chi connectivity index (χ0n) is 12.3. The quantitative estimate of drug-likeness (QED) is 0.898. The Hall–Kier alpha value is -0.730. The molecule has 106 valence electrons. The van der Waals surface area contributed by atoms with Gasteiger partial charge in [-0.25, -0.2) is 0 Å². The van der Waals surface area contributed by atoms with Gasteiger partial charge in [-0.3, -0.25) is 0 Å². The molecule has 1 fully saturated rings. The Balaban J connectivity index is 2.25. The van der Waals surface area contributed by atoms with E-state index >= 15 is 0 Å². The van der Waals surface area contributed by atoms with E-state index in [0.717, 1.165) is 24.7 Å². The first-order valence-corrected chi connectivity index (χ1v) is 7.58. The molecule has 1 N–H and O–H groups in total. The second kappa shape index (κ2) is 6.15. The van der Waals surface area contributed by atoms with Crippen LogP contribution in [0, 0.1) is 5.41 Å². The van der Waals surface area contributed by atoms with Crippen molar-refractivity contribution in [3.63, 3.8) is 0 Å². The van der Waals surface area contributed by atoms with Gasteiger partial charge in [0.15, 0.2) is 0 Å². The van der Waals surface area contributed by atoms with Crippen LogP contribution in [0.5, 0.6) is 0 Å². The molecule has 2 nitrogen and oxygen atoms in total. The van der Waals surface area contributed by atoms with E-state index in [4.69, 9.17) is 11.6 Å². The molecule has 0 aromatic heterocycles. The molecule has 1 saturated heterocycles. The summed E-state index contributed by atoms with van der Waals surface area (Å²) in [5.74, 6) is 0. The molecular weight excluding hydrogens is 256 g/mol. The van der Waals surface area contributed by atoms with Gasteiger partial charge in [0.05, 0.1) is 10.7 Å². The van der Waals surface area contributed by atoms with Crippen molar-refractivity contribution in [2.75, 3.05) is 25.0 Å². The van der Waals surface area contributed by atoms with E-state index in [1.54, 1.807) is 0 Å². The van der Waals surface area contributed by atoms with Gasteiger partial charge in [0.1, 0.15) is 0 Å². The Morgan fingerprint density at radius 2 is 2.05 bits per heavy atom. The summed E-state index contributed by atoms with van der Waals surface area (Å²) in [6.45, 7) is 7.84. The molecule has 0 radical (unpaired) electrons. The maximum atomic E-state index is 6.45. The molecule has 1 aliphatic rings.